The zero-order valence-electron chi connectivity index (χ0n) is 12.6. The fourth-order valence-electron chi connectivity index (χ4n) is 3.12. The van der Waals surface area contributed by atoms with Crippen LogP contribution in [-0.2, 0) is 11.2 Å². The normalized spacial score (nSPS) is 19.1. The summed E-state index contributed by atoms with van der Waals surface area (Å²) in [4.78, 5) is 17.6. The van der Waals surface area contributed by atoms with Crippen molar-refractivity contribution in [3.63, 3.8) is 0 Å². The van der Waals surface area contributed by atoms with Crippen molar-refractivity contribution in [2.75, 3.05) is 19.6 Å². The van der Waals surface area contributed by atoms with Gasteiger partial charge in [-0.1, -0.05) is 18.2 Å². The van der Waals surface area contributed by atoms with Gasteiger partial charge in [0, 0.05) is 49.2 Å². The number of benzene rings is 1. The first-order valence-corrected chi connectivity index (χ1v) is 7.81. The molecule has 1 aliphatic heterocycles. The number of hydrogen-bond acceptors (Lipinski definition) is 2. The Bertz CT molecular complexity index is 619. The maximum atomic E-state index is 12.3. The largest absolute Gasteiger partial charge is 0.361 e. The van der Waals surface area contributed by atoms with E-state index in [1.165, 1.54) is 16.5 Å². The lowest BCUT2D eigenvalue weighted by Crippen LogP contribution is -2.52. The smallest absolute Gasteiger partial charge is 0.222 e. The number of aryl methyl sites for hydroxylation is 1. The van der Waals surface area contributed by atoms with Gasteiger partial charge in [-0.2, -0.15) is 0 Å². The Hall–Kier alpha value is -1.81. The Labute approximate surface area is 125 Å². The highest BCUT2D eigenvalue weighted by Gasteiger charge is 2.22. The average molecular weight is 285 g/mol. The SMILES string of the molecule is C[C@@H]1CNCCN1C(=O)CCCc1c[nH]c2ccccc12. The Balaban J connectivity index is 1.55. The Morgan fingerprint density at radius 1 is 1.38 bits per heavy atom. The fraction of sp³-hybridized carbons (Fsp3) is 0.471. The van der Waals surface area contributed by atoms with Crippen molar-refractivity contribution < 1.29 is 4.79 Å². The van der Waals surface area contributed by atoms with Gasteiger partial charge in [0.1, 0.15) is 0 Å². The number of nitrogens with zero attached hydrogens (tertiary/aromatic N) is 1. The number of rotatable bonds is 4. The number of carbonyl (C=O) groups is 1. The molecule has 2 heterocycles. The molecule has 0 saturated carbocycles. The molecule has 1 saturated heterocycles. The van der Waals surface area contributed by atoms with E-state index in [0.717, 1.165) is 32.5 Å². The predicted octanol–water partition coefficient (Wildman–Crippen LogP) is 2.31. The average Bonchev–Trinajstić information content (AvgIpc) is 2.91. The minimum absolute atomic E-state index is 0.295. The lowest BCUT2D eigenvalue weighted by Gasteiger charge is -2.34. The van der Waals surface area contributed by atoms with Gasteiger partial charge in [-0.3, -0.25) is 4.79 Å². The first-order chi connectivity index (χ1) is 10.3. The summed E-state index contributed by atoms with van der Waals surface area (Å²) in [6.45, 7) is 4.78. The van der Waals surface area contributed by atoms with E-state index in [4.69, 9.17) is 0 Å². The second-order valence-corrected chi connectivity index (χ2v) is 5.85. The van der Waals surface area contributed by atoms with E-state index < -0.39 is 0 Å². The highest BCUT2D eigenvalue weighted by atomic mass is 16.2. The zero-order valence-corrected chi connectivity index (χ0v) is 12.6. The molecule has 112 valence electrons. The van der Waals surface area contributed by atoms with Crippen LogP contribution in [0.1, 0.15) is 25.3 Å². The molecule has 21 heavy (non-hydrogen) atoms. The molecule has 1 aromatic heterocycles. The summed E-state index contributed by atoms with van der Waals surface area (Å²) in [5.74, 6) is 0.295. The first-order valence-electron chi connectivity index (χ1n) is 7.81. The number of hydrogen-bond donors (Lipinski definition) is 2. The molecule has 0 bridgehead atoms. The third kappa shape index (κ3) is 3.10. The summed E-state index contributed by atoms with van der Waals surface area (Å²) < 4.78 is 0. The molecule has 2 aromatic rings. The van der Waals surface area contributed by atoms with Crippen LogP contribution in [0.2, 0.25) is 0 Å². The van der Waals surface area contributed by atoms with Gasteiger partial charge in [0.15, 0.2) is 0 Å². The maximum Gasteiger partial charge on any atom is 0.222 e. The molecule has 1 aromatic carbocycles. The van der Waals surface area contributed by atoms with Crippen molar-refractivity contribution in [1.82, 2.24) is 15.2 Å². The summed E-state index contributed by atoms with van der Waals surface area (Å²) in [6.07, 6.45) is 4.58. The van der Waals surface area contributed by atoms with Crippen LogP contribution in [-0.4, -0.2) is 41.5 Å². The van der Waals surface area contributed by atoms with Crippen LogP contribution < -0.4 is 5.32 Å². The fourth-order valence-corrected chi connectivity index (χ4v) is 3.12. The highest BCUT2D eigenvalue weighted by Crippen LogP contribution is 2.19. The number of aromatic nitrogens is 1. The van der Waals surface area contributed by atoms with Crippen LogP contribution in [0.3, 0.4) is 0 Å². The maximum absolute atomic E-state index is 12.3. The summed E-state index contributed by atoms with van der Waals surface area (Å²) in [5, 5.41) is 4.60. The number of fused-ring (bicyclic) bond motifs is 1. The van der Waals surface area contributed by atoms with Crippen LogP contribution in [0.15, 0.2) is 30.5 Å². The number of nitrogens with one attached hydrogen (secondary N) is 2. The molecule has 2 N–H and O–H groups in total. The number of piperazine rings is 1. The van der Waals surface area contributed by atoms with Crippen LogP contribution in [0.25, 0.3) is 10.9 Å². The lowest BCUT2D eigenvalue weighted by molar-refractivity contribution is -0.134. The molecule has 0 aliphatic carbocycles. The minimum Gasteiger partial charge on any atom is -0.361 e. The molecular weight excluding hydrogens is 262 g/mol. The highest BCUT2D eigenvalue weighted by molar-refractivity contribution is 5.83. The van der Waals surface area contributed by atoms with Crippen molar-refractivity contribution in [2.45, 2.75) is 32.2 Å². The van der Waals surface area contributed by atoms with Crippen molar-refractivity contribution in [3.05, 3.63) is 36.0 Å². The van der Waals surface area contributed by atoms with Crippen molar-refractivity contribution in [3.8, 4) is 0 Å². The molecule has 0 radical (unpaired) electrons. The van der Waals surface area contributed by atoms with Gasteiger partial charge in [0.2, 0.25) is 5.91 Å². The molecule has 1 fully saturated rings. The van der Waals surface area contributed by atoms with Crippen molar-refractivity contribution in [2.24, 2.45) is 0 Å². The van der Waals surface area contributed by atoms with Gasteiger partial charge in [-0.05, 0) is 31.4 Å². The Morgan fingerprint density at radius 2 is 2.24 bits per heavy atom. The molecule has 0 spiro atoms. The van der Waals surface area contributed by atoms with Gasteiger partial charge in [-0.15, -0.1) is 0 Å². The molecule has 4 heteroatoms. The third-order valence-electron chi connectivity index (χ3n) is 4.33. The first kappa shape index (κ1) is 14.1. The second kappa shape index (κ2) is 6.31. The molecule has 0 unspecified atom stereocenters. The molecule has 3 rings (SSSR count). The van der Waals surface area contributed by atoms with E-state index in [9.17, 15) is 4.79 Å². The van der Waals surface area contributed by atoms with Gasteiger partial charge >= 0.3 is 0 Å². The summed E-state index contributed by atoms with van der Waals surface area (Å²) >= 11 is 0. The van der Waals surface area contributed by atoms with E-state index in [1.807, 2.05) is 11.0 Å². The van der Waals surface area contributed by atoms with Crippen LogP contribution in [0.5, 0.6) is 0 Å². The van der Waals surface area contributed by atoms with E-state index >= 15 is 0 Å². The lowest BCUT2D eigenvalue weighted by atomic mass is 10.1. The van der Waals surface area contributed by atoms with Gasteiger partial charge in [0.25, 0.3) is 0 Å². The number of H-pyrrole nitrogens is 1. The number of aromatic amines is 1. The molecule has 1 aliphatic rings. The van der Waals surface area contributed by atoms with Crippen LogP contribution >= 0.6 is 0 Å². The predicted molar refractivity (Wildman–Crippen MR) is 85.3 cm³/mol. The van der Waals surface area contributed by atoms with E-state index in [-0.39, 0.29) is 0 Å². The van der Waals surface area contributed by atoms with Crippen LogP contribution in [0, 0.1) is 0 Å². The third-order valence-corrected chi connectivity index (χ3v) is 4.33. The second-order valence-electron chi connectivity index (χ2n) is 5.85. The minimum atomic E-state index is 0.295. The number of amides is 1. The standard InChI is InChI=1S/C17H23N3O/c1-13-11-18-9-10-20(13)17(21)8-4-5-14-12-19-16-7-3-2-6-15(14)16/h2-3,6-7,12-13,18-19H,4-5,8-11H2,1H3/t13-/m1/s1. The van der Waals surface area contributed by atoms with Crippen molar-refractivity contribution >= 4 is 16.8 Å². The molecule has 1 atom stereocenters. The van der Waals surface area contributed by atoms with Crippen LogP contribution in [0.4, 0.5) is 0 Å². The Kier molecular flexibility index (Phi) is 4.25. The summed E-state index contributed by atoms with van der Waals surface area (Å²) in [7, 11) is 0. The van der Waals surface area contributed by atoms with Crippen molar-refractivity contribution in [1.29, 1.82) is 0 Å². The van der Waals surface area contributed by atoms with Gasteiger partial charge in [-0.25, -0.2) is 0 Å². The monoisotopic (exact) mass is 285 g/mol. The van der Waals surface area contributed by atoms with Gasteiger partial charge in [0.05, 0.1) is 0 Å². The van der Waals surface area contributed by atoms with E-state index in [0.29, 0.717) is 18.4 Å². The quantitative estimate of drug-likeness (QED) is 0.905. The molecule has 1 amide bonds. The van der Waals surface area contributed by atoms with E-state index in [1.54, 1.807) is 0 Å². The summed E-state index contributed by atoms with van der Waals surface area (Å²) in [6, 6.07) is 8.65. The number of para-hydroxylation sites is 1. The Morgan fingerprint density at radius 3 is 3.10 bits per heavy atom. The topological polar surface area (TPSA) is 48.1 Å². The van der Waals surface area contributed by atoms with Gasteiger partial charge < -0.3 is 15.2 Å². The summed E-state index contributed by atoms with van der Waals surface area (Å²) in [5.41, 5.74) is 2.49. The molecule has 4 nitrogen and oxygen atoms in total. The molecular formula is C17H23N3O. The number of carbonyl (C=O) groups excluding carboxylic acids is 1. The van der Waals surface area contributed by atoms with E-state index in [2.05, 4.69) is 41.6 Å². The zero-order chi connectivity index (χ0) is 14.7.